The predicted octanol–water partition coefficient (Wildman–Crippen LogP) is 1.64. The molecule has 0 saturated heterocycles. The van der Waals surface area contributed by atoms with Gasteiger partial charge in [-0.15, -0.1) is 0 Å². The van der Waals surface area contributed by atoms with Crippen LogP contribution in [0.4, 0.5) is 5.69 Å². The van der Waals surface area contributed by atoms with Crippen molar-refractivity contribution in [1.82, 2.24) is 9.36 Å². The van der Waals surface area contributed by atoms with E-state index in [2.05, 4.69) is 6.07 Å². The average Bonchev–Trinajstić information content (AvgIpc) is 2.61. The summed E-state index contributed by atoms with van der Waals surface area (Å²) in [6, 6.07) is 2.32. The maximum absolute atomic E-state index is 12.5. The van der Waals surface area contributed by atoms with Crippen LogP contribution in [-0.2, 0) is 7.05 Å². The third-order valence-corrected chi connectivity index (χ3v) is 5.91. The van der Waals surface area contributed by atoms with Crippen molar-refractivity contribution in [3.63, 3.8) is 0 Å². The second-order valence-electron chi connectivity index (χ2n) is 6.97. The highest BCUT2D eigenvalue weighted by atomic mass is 16.1. The zero-order chi connectivity index (χ0) is 14.0. The second-order valence-corrected chi connectivity index (χ2v) is 6.97. The fraction of sp³-hybridized carbons (Fsp3) is 0.733. The Morgan fingerprint density at radius 2 is 1.70 bits per heavy atom. The number of nitrogens with two attached hydrogens (primary N) is 1. The van der Waals surface area contributed by atoms with E-state index in [0.717, 1.165) is 11.8 Å². The number of nitrogen functional groups attached to an aromatic ring is 1. The Balaban J connectivity index is 1.83. The second kappa shape index (κ2) is 3.91. The minimum atomic E-state index is -0.165. The minimum Gasteiger partial charge on any atom is -0.392 e. The Morgan fingerprint density at radius 3 is 2.15 bits per heavy atom. The summed E-state index contributed by atoms with van der Waals surface area (Å²) in [4.78, 5) is 12.5. The third kappa shape index (κ3) is 1.39. The smallest absolute Gasteiger partial charge is 0.291 e. The van der Waals surface area contributed by atoms with E-state index in [9.17, 15) is 10.1 Å². The number of rotatable bonds is 1. The lowest BCUT2D eigenvalue weighted by molar-refractivity contribution is -0.0386. The van der Waals surface area contributed by atoms with Crippen LogP contribution in [0.2, 0.25) is 0 Å². The molecule has 5 rings (SSSR count). The summed E-state index contributed by atoms with van der Waals surface area (Å²) in [5.74, 6) is 2.95. The van der Waals surface area contributed by atoms with Crippen LogP contribution in [0.5, 0.6) is 0 Å². The lowest BCUT2D eigenvalue weighted by atomic mass is 9.54. The van der Waals surface area contributed by atoms with Crippen molar-refractivity contribution >= 4 is 5.69 Å². The van der Waals surface area contributed by atoms with Gasteiger partial charge in [-0.25, -0.2) is 4.68 Å². The molecular formula is C15H20N4O. The van der Waals surface area contributed by atoms with Crippen molar-refractivity contribution in [2.24, 2.45) is 30.7 Å². The molecule has 0 amide bonds. The van der Waals surface area contributed by atoms with Gasteiger partial charge in [-0.05, 0) is 55.8 Å². The Bertz CT molecular complexity index is 635. The van der Waals surface area contributed by atoms with Gasteiger partial charge in [-0.3, -0.25) is 9.48 Å². The Labute approximate surface area is 118 Å². The number of aromatic nitrogens is 2. The molecule has 4 bridgehead atoms. The van der Waals surface area contributed by atoms with E-state index >= 15 is 0 Å². The number of hydrogen-bond donors (Lipinski definition) is 1. The monoisotopic (exact) mass is 272 g/mol. The first-order chi connectivity index (χ1) is 9.60. The van der Waals surface area contributed by atoms with Crippen LogP contribution < -0.4 is 11.3 Å². The Hall–Kier alpha value is -1.70. The van der Waals surface area contributed by atoms with Gasteiger partial charge in [0, 0.05) is 7.05 Å². The topological polar surface area (TPSA) is 76.7 Å². The van der Waals surface area contributed by atoms with Gasteiger partial charge in [-0.2, -0.15) is 5.26 Å². The first-order valence-electron chi connectivity index (χ1n) is 7.57. The molecule has 1 heterocycles. The molecule has 0 spiro atoms. The molecule has 5 nitrogen and oxygen atoms in total. The quantitative estimate of drug-likeness (QED) is 0.844. The van der Waals surface area contributed by atoms with E-state index in [1.54, 1.807) is 16.4 Å². The zero-order valence-electron chi connectivity index (χ0n) is 11.7. The van der Waals surface area contributed by atoms with Gasteiger partial charge in [0.15, 0.2) is 5.69 Å². The molecule has 0 aliphatic heterocycles. The highest BCUT2D eigenvalue weighted by Gasteiger charge is 2.50. The number of hydrogen-bond acceptors (Lipinski definition) is 3. The van der Waals surface area contributed by atoms with Crippen molar-refractivity contribution in [3.05, 3.63) is 16.0 Å². The first-order valence-corrected chi connectivity index (χ1v) is 7.57. The highest BCUT2D eigenvalue weighted by Crippen LogP contribution is 2.58. The summed E-state index contributed by atoms with van der Waals surface area (Å²) < 4.78 is 3.49. The largest absolute Gasteiger partial charge is 0.392 e. The molecule has 0 radical (unpaired) electrons. The van der Waals surface area contributed by atoms with E-state index in [1.165, 1.54) is 32.1 Å². The SMILES string of the molecule is Cn1c(C#N)c(N)c(=O)n1C1C2CC3CC(C2)CC1C3. The van der Waals surface area contributed by atoms with Gasteiger partial charge in [-0.1, -0.05) is 0 Å². The minimum absolute atomic E-state index is 0.115. The van der Waals surface area contributed by atoms with Crippen molar-refractivity contribution in [3.8, 4) is 6.07 Å². The van der Waals surface area contributed by atoms with E-state index in [0.29, 0.717) is 17.5 Å². The lowest BCUT2D eigenvalue weighted by Crippen LogP contribution is -2.49. The molecule has 2 N–H and O–H groups in total. The normalized spacial score (nSPS) is 38.1. The Morgan fingerprint density at radius 1 is 1.15 bits per heavy atom. The van der Waals surface area contributed by atoms with E-state index in [1.807, 2.05) is 0 Å². The van der Waals surface area contributed by atoms with E-state index < -0.39 is 0 Å². The molecule has 4 aliphatic carbocycles. The summed E-state index contributed by atoms with van der Waals surface area (Å²) in [7, 11) is 1.79. The summed E-state index contributed by atoms with van der Waals surface area (Å²) in [5.41, 5.74) is 6.09. The number of anilines is 1. The maximum atomic E-state index is 12.5. The van der Waals surface area contributed by atoms with E-state index in [4.69, 9.17) is 5.73 Å². The van der Waals surface area contributed by atoms with Crippen LogP contribution in [-0.4, -0.2) is 9.36 Å². The van der Waals surface area contributed by atoms with Gasteiger partial charge in [0.05, 0.1) is 6.04 Å². The van der Waals surface area contributed by atoms with Crippen molar-refractivity contribution in [2.45, 2.75) is 38.1 Å². The first kappa shape index (κ1) is 12.1. The molecule has 4 saturated carbocycles. The van der Waals surface area contributed by atoms with Crippen molar-refractivity contribution < 1.29 is 0 Å². The fourth-order valence-electron chi connectivity index (χ4n) is 5.41. The third-order valence-electron chi connectivity index (χ3n) is 5.91. The summed E-state index contributed by atoms with van der Waals surface area (Å²) in [6.45, 7) is 0. The molecular weight excluding hydrogens is 252 g/mol. The van der Waals surface area contributed by atoms with Gasteiger partial charge >= 0.3 is 0 Å². The van der Waals surface area contributed by atoms with Crippen LogP contribution in [0.25, 0.3) is 0 Å². The summed E-state index contributed by atoms with van der Waals surface area (Å²) >= 11 is 0. The van der Waals surface area contributed by atoms with Gasteiger partial charge in [0.25, 0.3) is 5.56 Å². The molecule has 1 aromatic rings. The van der Waals surface area contributed by atoms with Crippen LogP contribution in [0.3, 0.4) is 0 Å². The van der Waals surface area contributed by atoms with Crippen LogP contribution in [0.1, 0.15) is 43.8 Å². The summed E-state index contributed by atoms with van der Waals surface area (Å²) in [5, 5.41) is 9.18. The standard InChI is InChI=1S/C15H20N4O/c1-18-12(7-16)13(17)15(20)19(18)14-10-3-8-2-9(5-10)6-11(14)4-8/h8-11,14H,2-6,17H2,1H3. The fourth-order valence-corrected chi connectivity index (χ4v) is 5.41. The molecule has 20 heavy (non-hydrogen) atoms. The van der Waals surface area contributed by atoms with Gasteiger partial charge in [0.1, 0.15) is 11.8 Å². The molecule has 1 aromatic heterocycles. The maximum Gasteiger partial charge on any atom is 0.291 e. The molecule has 4 aliphatic rings. The van der Waals surface area contributed by atoms with Crippen molar-refractivity contribution in [1.29, 1.82) is 5.26 Å². The van der Waals surface area contributed by atoms with Gasteiger partial charge in [0.2, 0.25) is 0 Å². The predicted molar refractivity (Wildman–Crippen MR) is 74.9 cm³/mol. The van der Waals surface area contributed by atoms with Crippen LogP contribution >= 0.6 is 0 Å². The molecule has 106 valence electrons. The molecule has 5 heteroatoms. The van der Waals surface area contributed by atoms with Crippen molar-refractivity contribution in [2.75, 3.05) is 5.73 Å². The molecule has 4 fully saturated rings. The average molecular weight is 272 g/mol. The highest BCUT2D eigenvalue weighted by molar-refractivity contribution is 5.49. The molecule has 0 atom stereocenters. The zero-order valence-corrected chi connectivity index (χ0v) is 11.7. The number of nitriles is 1. The van der Waals surface area contributed by atoms with Crippen LogP contribution in [0, 0.1) is 35.0 Å². The molecule has 0 unspecified atom stereocenters. The lowest BCUT2D eigenvalue weighted by Gasteiger charge is -2.54. The van der Waals surface area contributed by atoms with E-state index in [-0.39, 0.29) is 17.3 Å². The number of nitrogens with zero attached hydrogens (tertiary/aromatic N) is 3. The summed E-state index contributed by atoms with van der Waals surface area (Å²) in [6.07, 6.45) is 6.38. The Kier molecular flexibility index (Phi) is 2.36. The van der Waals surface area contributed by atoms with Gasteiger partial charge < -0.3 is 5.73 Å². The van der Waals surface area contributed by atoms with Crippen LogP contribution in [0.15, 0.2) is 4.79 Å². The molecule has 0 aromatic carbocycles.